The van der Waals surface area contributed by atoms with Crippen molar-refractivity contribution in [2.75, 3.05) is 13.2 Å². The third-order valence-electron chi connectivity index (χ3n) is 3.81. The van der Waals surface area contributed by atoms with Crippen LogP contribution < -0.4 is 5.76 Å². The van der Waals surface area contributed by atoms with E-state index >= 15 is 0 Å². The molecule has 1 fully saturated rings. The van der Waals surface area contributed by atoms with Gasteiger partial charge in [-0.2, -0.15) is 0 Å². The fourth-order valence-corrected chi connectivity index (χ4v) is 3.42. The van der Waals surface area contributed by atoms with Crippen molar-refractivity contribution in [1.29, 1.82) is 0 Å². The molecule has 1 aromatic carbocycles. The molecule has 2 aromatic rings. The Morgan fingerprint density at radius 2 is 2.11 bits per heavy atom. The first-order chi connectivity index (χ1) is 9.16. The number of hydrogen-bond donors (Lipinski definition) is 0. The number of aryl methyl sites for hydroxylation is 1. The normalized spacial score (nSPS) is 18.8. The minimum Gasteiger partial charge on any atom is -0.408 e. The zero-order chi connectivity index (χ0) is 13.4. The first-order valence-electron chi connectivity index (χ1n) is 6.48. The molecule has 4 nitrogen and oxygen atoms in total. The summed E-state index contributed by atoms with van der Waals surface area (Å²) in [5.74, 6) is 0.256. The Hall–Kier alpha value is -1.07. The third-order valence-corrected chi connectivity index (χ3v) is 5.09. The molecule has 0 spiro atoms. The number of fused-ring (bicyclic) bond motifs is 1. The summed E-state index contributed by atoms with van der Waals surface area (Å²) in [4.78, 5) is 11.8. The van der Waals surface area contributed by atoms with Gasteiger partial charge in [0.05, 0.1) is 5.52 Å². The standard InChI is InChI=1S/C14H16BrNO3/c1-16-11-3-2-10(8-12(11)19-14(16)17)13(15)9-4-6-18-7-5-9/h2-3,8-9,13H,4-7H2,1H3. The highest BCUT2D eigenvalue weighted by Crippen LogP contribution is 2.37. The quantitative estimate of drug-likeness (QED) is 0.797. The molecule has 19 heavy (non-hydrogen) atoms. The summed E-state index contributed by atoms with van der Waals surface area (Å²) < 4.78 is 12.2. The van der Waals surface area contributed by atoms with E-state index in [1.54, 1.807) is 7.05 Å². The van der Waals surface area contributed by atoms with Crippen LogP contribution >= 0.6 is 15.9 Å². The third kappa shape index (κ3) is 2.37. The molecule has 1 aromatic heterocycles. The number of alkyl halides is 1. The molecule has 0 bridgehead atoms. The molecule has 5 heteroatoms. The van der Waals surface area contributed by atoms with Crippen LogP contribution in [-0.4, -0.2) is 17.8 Å². The predicted octanol–water partition coefficient (Wildman–Crippen LogP) is 2.99. The molecular formula is C14H16BrNO3. The van der Waals surface area contributed by atoms with Crippen LogP contribution in [0.5, 0.6) is 0 Å². The van der Waals surface area contributed by atoms with Crippen LogP contribution in [0.2, 0.25) is 0 Å². The van der Waals surface area contributed by atoms with Crippen LogP contribution in [0, 0.1) is 5.92 Å². The van der Waals surface area contributed by atoms with Crippen molar-refractivity contribution in [3.8, 4) is 0 Å². The maximum absolute atomic E-state index is 11.5. The molecule has 1 atom stereocenters. The van der Waals surface area contributed by atoms with Gasteiger partial charge in [0, 0.05) is 25.1 Å². The summed E-state index contributed by atoms with van der Waals surface area (Å²) in [6.45, 7) is 1.66. The molecule has 0 radical (unpaired) electrons. The molecule has 0 N–H and O–H groups in total. The molecule has 0 aliphatic carbocycles. The topological polar surface area (TPSA) is 44.4 Å². The maximum Gasteiger partial charge on any atom is 0.419 e. The molecule has 1 saturated heterocycles. The largest absolute Gasteiger partial charge is 0.419 e. The lowest BCUT2D eigenvalue weighted by Crippen LogP contribution is -2.19. The number of ether oxygens (including phenoxy) is 1. The average Bonchev–Trinajstić information content (AvgIpc) is 2.74. The van der Waals surface area contributed by atoms with Gasteiger partial charge < -0.3 is 9.15 Å². The Morgan fingerprint density at radius 3 is 2.84 bits per heavy atom. The fourth-order valence-electron chi connectivity index (χ4n) is 2.60. The van der Waals surface area contributed by atoms with Gasteiger partial charge in [-0.1, -0.05) is 22.0 Å². The van der Waals surface area contributed by atoms with Crippen LogP contribution in [0.3, 0.4) is 0 Å². The Kier molecular flexibility index (Phi) is 3.50. The Labute approximate surface area is 119 Å². The van der Waals surface area contributed by atoms with Gasteiger partial charge in [0.1, 0.15) is 0 Å². The lowest BCUT2D eigenvalue weighted by atomic mass is 9.92. The van der Waals surface area contributed by atoms with E-state index in [-0.39, 0.29) is 10.6 Å². The SMILES string of the molecule is Cn1c(=O)oc2cc(C(Br)C3CCOCC3)ccc21. The smallest absolute Gasteiger partial charge is 0.408 e. The number of aromatic nitrogens is 1. The van der Waals surface area contributed by atoms with Crippen molar-refractivity contribution in [1.82, 2.24) is 4.57 Å². The lowest BCUT2D eigenvalue weighted by Gasteiger charge is -2.26. The lowest BCUT2D eigenvalue weighted by molar-refractivity contribution is 0.0662. The summed E-state index contributed by atoms with van der Waals surface area (Å²) in [7, 11) is 1.72. The van der Waals surface area contributed by atoms with Gasteiger partial charge in [0.15, 0.2) is 5.58 Å². The van der Waals surface area contributed by atoms with Gasteiger partial charge in [-0.3, -0.25) is 4.57 Å². The van der Waals surface area contributed by atoms with Gasteiger partial charge in [-0.25, -0.2) is 4.79 Å². The van der Waals surface area contributed by atoms with Gasteiger partial charge in [0.25, 0.3) is 0 Å². The summed E-state index contributed by atoms with van der Waals surface area (Å²) in [5, 5.41) is 0. The van der Waals surface area contributed by atoms with Crippen LogP contribution in [0.25, 0.3) is 11.1 Å². The van der Waals surface area contributed by atoms with E-state index in [4.69, 9.17) is 9.15 Å². The van der Waals surface area contributed by atoms with E-state index in [2.05, 4.69) is 22.0 Å². The zero-order valence-electron chi connectivity index (χ0n) is 10.8. The average molecular weight is 326 g/mol. The number of benzene rings is 1. The summed E-state index contributed by atoms with van der Waals surface area (Å²) in [6, 6.07) is 5.97. The Morgan fingerprint density at radius 1 is 1.37 bits per heavy atom. The second-order valence-electron chi connectivity index (χ2n) is 5.01. The highest BCUT2D eigenvalue weighted by molar-refractivity contribution is 9.09. The van der Waals surface area contributed by atoms with Crippen molar-refractivity contribution in [2.45, 2.75) is 17.7 Å². The molecule has 2 heterocycles. The van der Waals surface area contributed by atoms with Gasteiger partial charge >= 0.3 is 5.76 Å². The van der Waals surface area contributed by atoms with Gasteiger partial charge in [-0.15, -0.1) is 0 Å². The van der Waals surface area contributed by atoms with Crippen molar-refractivity contribution in [3.05, 3.63) is 34.3 Å². The van der Waals surface area contributed by atoms with Crippen LogP contribution in [0.4, 0.5) is 0 Å². The van der Waals surface area contributed by atoms with Crippen molar-refractivity contribution in [2.24, 2.45) is 13.0 Å². The Bertz CT molecular complexity index is 640. The highest BCUT2D eigenvalue weighted by Gasteiger charge is 2.23. The maximum atomic E-state index is 11.5. The molecule has 102 valence electrons. The zero-order valence-corrected chi connectivity index (χ0v) is 12.4. The second kappa shape index (κ2) is 5.13. The second-order valence-corrected chi connectivity index (χ2v) is 5.99. The van der Waals surface area contributed by atoms with E-state index in [1.165, 1.54) is 4.57 Å². The van der Waals surface area contributed by atoms with Crippen LogP contribution in [-0.2, 0) is 11.8 Å². The molecule has 1 aliphatic heterocycles. The predicted molar refractivity (Wildman–Crippen MR) is 76.7 cm³/mol. The minimum absolute atomic E-state index is 0.284. The molecule has 1 unspecified atom stereocenters. The highest BCUT2D eigenvalue weighted by atomic mass is 79.9. The summed E-state index contributed by atoms with van der Waals surface area (Å²) in [6.07, 6.45) is 2.12. The number of halogens is 1. The molecule has 0 saturated carbocycles. The summed E-state index contributed by atoms with van der Waals surface area (Å²) in [5.41, 5.74) is 2.65. The molecule has 3 rings (SSSR count). The first kappa shape index (κ1) is 12.9. The van der Waals surface area contributed by atoms with Crippen LogP contribution in [0.15, 0.2) is 27.4 Å². The van der Waals surface area contributed by atoms with Gasteiger partial charge in [-0.05, 0) is 36.5 Å². The molecule has 1 aliphatic rings. The molecular weight excluding hydrogens is 310 g/mol. The van der Waals surface area contributed by atoms with E-state index in [1.807, 2.05) is 12.1 Å². The first-order valence-corrected chi connectivity index (χ1v) is 7.39. The minimum atomic E-state index is -0.315. The number of rotatable bonds is 2. The van der Waals surface area contributed by atoms with E-state index in [0.717, 1.165) is 37.1 Å². The molecule has 0 amide bonds. The van der Waals surface area contributed by atoms with Crippen molar-refractivity contribution < 1.29 is 9.15 Å². The van der Waals surface area contributed by atoms with Gasteiger partial charge in [0.2, 0.25) is 0 Å². The van der Waals surface area contributed by atoms with E-state index in [0.29, 0.717) is 11.5 Å². The van der Waals surface area contributed by atoms with E-state index < -0.39 is 0 Å². The number of hydrogen-bond acceptors (Lipinski definition) is 3. The Balaban J connectivity index is 1.94. The fraction of sp³-hybridized carbons (Fsp3) is 0.500. The monoisotopic (exact) mass is 325 g/mol. The van der Waals surface area contributed by atoms with Crippen molar-refractivity contribution >= 4 is 27.0 Å². The number of oxazole rings is 1. The number of nitrogens with zero attached hydrogens (tertiary/aromatic N) is 1. The van der Waals surface area contributed by atoms with Crippen molar-refractivity contribution in [3.63, 3.8) is 0 Å². The van der Waals surface area contributed by atoms with E-state index in [9.17, 15) is 4.79 Å². The summed E-state index contributed by atoms with van der Waals surface area (Å²) >= 11 is 3.78. The van der Waals surface area contributed by atoms with Crippen LogP contribution in [0.1, 0.15) is 23.2 Å².